The van der Waals surface area contributed by atoms with Gasteiger partial charge in [0.2, 0.25) is 5.75 Å². The molecule has 1 heterocycles. The van der Waals surface area contributed by atoms with Crippen LogP contribution in [-0.4, -0.2) is 24.0 Å². The lowest BCUT2D eigenvalue weighted by molar-refractivity contribution is 0.385. The third kappa shape index (κ3) is 3.95. The fourth-order valence-electron chi connectivity index (χ4n) is 3.21. The highest BCUT2D eigenvalue weighted by Crippen LogP contribution is 2.32. The van der Waals surface area contributed by atoms with Crippen molar-refractivity contribution in [3.8, 4) is 23.0 Å². The lowest BCUT2D eigenvalue weighted by Crippen LogP contribution is -2.24. The van der Waals surface area contributed by atoms with Gasteiger partial charge in [0.05, 0.1) is 27.0 Å². The van der Waals surface area contributed by atoms with E-state index >= 15 is 0 Å². The summed E-state index contributed by atoms with van der Waals surface area (Å²) >= 11 is 6.23. The van der Waals surface area contributed by atoms with Crippen LogP contribution in [0.25, 0.3) is 10.8 Å². The number of hydrogen-bond acceptors (Lipinski definition) is 5. The predicted octanol–water partition coefficient (Wildman–Crippen LogP) is 4.91. The van der Waals surface area contributed by atoms with Crippen molar-refractivity contribution >= 4 is 22.4 Å². The second kappa shape index (κ2) is 8.47. The smallest absolute Gasteiger partial charge is 0.311 e. The molecule has 4 rings (SSSR count). The maximum absolute atomic E-state index is 13.1. The molecule has 0 amide bonds. The number of benzene rings is 3. The molecule has 0 unspecified atom stereocenters. The number of halogens is 1. The number of hydrogen-bond donors (Lipinski definition) is 0. The first-order valence-corrected chi connectivity index (χ1v) is 9.60. The van der Waals surface area contributed by atoms with Crippen molar-refractivity contribution in [2.45, 2.75) is 6.54 Å². The number of rotatable bonds is 6. The summed E-state index contributed by atoms with van der Waals surface area (Å²) in [7, 11) is 3.07. The summed E-state index contributed by atoms with van der Waals surface area (Å²) in [6.07, 6.45) is 1.40. The Morgan fingerprint density at radius 3 is 2.33 bits per heavy atom. The van der Waals surface area contributed by atoms with Gasteiger partial charge in [-0.1, -0.05) is 54.1 Å². The monoisotopic (exact) mass is 422 g/mol. The maximum Gasteiger partial charge on any atom is 0.311 e. The summed E-state index contributed by atoms with van der Waals surface area (Å²) in [5.74, 6) is 1.42. The molecule has 3 aromatic carbocycles. The van der Waals surface area contributed by atoms with Gasteiger partial charge in [0.25, 0.3) is 0 Å². The Balaban J connectivity index is 1.72. The first kappa shape index (κ1) is 19.8. The molecule has 0 radical (unpaired) electrons. The highest BCUT2D eigenvalue weighted by Gasteiger charge is 2.15. The summed E-state index contributed by atoms with van der Waals surface area (Å²) in [5, 5.41) is 6.47. The molecule has 0 aliphatic rings. The summed E-state index contributed by atoms with van der Waals surface area (Å²) in [5.41, 5.74) is 0.538. The van der Waals surface area contributed by atoms with Crippen molar-refractivity contribution in [1.82, 2.24) is 9.78 Å². The van der Waals surface area contributed by atoms with Crippen LogP contribution in [0.15, 0.2) is 71.7 Å². The standard InChI is InChI=1S/C23H19ClN2O4/c1-28-17-10-18(29-2)12-19(11-17)30-22-21(24)13-25-26(23(22)27)14-16-8-5-7-15-6-3-4-9-20(15)16/h3-13H,14H2,1-2H3. The van der Waals surface area contributed by atoms with E-state index in [1.54, 1.807) is 18.2 Å². The lowest BCUT2D eigenvalue weighted by Gasteiger charge is -2.13. The maximum atomic E-state index is 13.1. The van der Waals surface area contributed by atoms with E-state index in [4.69, 9.17) is 25.8 Å². The first-order chi connectivity index (χ1) is 14.6. The molecule has 0 atom stereocenters. The van der Waals surface area contributed by atoms with Crippen molar-refractivity contribution in [3.63, 3.8) is 0 Å². The molecule has 0 saturated heterocycles. The minimum absolute atomic E-state index is 0.0118. The minimum atomic E-state index is -0.433. The van der Waals surface area contributed by atoms with Gasteiger partial charge in [-0.05, 0) is 16.3 Å². The van der Waals surface area contributed by atoms with Crippen LogP contribution in [-0.2, 0) is 6.54 Å². The molecule has 0 N–H and O–H groups in total. The van der Waals surface area contributed by atoms with Gasteiger partial charge in [-0.2, -0.15) is 5.10 Å². The van der Waals surface area contributed by atoms with Gasteiger partial charge < -0.3 is 14.2 Å². The van der Waals surface area contributed by atoms with E-state index in [2.05, 4.69) is 5.10 Å². The quantitative estimate of drug-likeness (QED) is 0.442. The molecule has 0 aliphatic carbocycles. The molecule has 4 aromatic rings. The summed E-state index contributed by atoms with van der Waals surface area (Å²) in [4.78, 5) is 13.1. The van der Waals surface area contributed by atoms with E-state index in [1.165, 1.54) is 25.1 Å². The Morgan fingerprint density at radius 1 is 0.933 bits per heavy atom. The molecule has 0 aliphatic heterocycles. The average molecular weight is 423 g/mol. The molecular formula is C23H19ClN2O4. The molecule has 152 valence electrons. The largest absolute Gasteiger partial charge is 0.496 e. The minimum Gasteiger partial charge on any atom is -0.496 e. The highest BCUT2D eigenvalue weighted by molar-refractivity contribution is 6.31. The second-order valence-electron chi connectivity index (χ2n) is 6.57. The SMILES string of the molecule is COc1cc(OC)cc(Oc2c(Cl)cnn(Cc3cccc4ccccc34)c2=O)c1. The molecule has 0 spiro atoms. The van der Waals surface area contributed by atoms with E-state index in [0.717, 1.165) is 16.3 Å². The van der Waals surface area contributed by atoms with Crippen molar-refractivity contribution in [2.75, 3.05) is 14.2 Å². The normalized spacial score (nSPS) is 10.8. The fourth-order valence-corrected chi connectivity index (χ4v) is 3.37. The highest BCUT2D eigenvalue weighted by atomic mass is 35.5. The molecule has 0 bridgehead atoms. The van der Waals surface area contributed by atoms with Gasteiger partial charge in [0.15, 0.2) is 0 Å². The predicted molar refractivity (Wildman–Crippen MR) is 116 cm³/mol. The van der Waals surface area contributed by atoms with Crippen LogP contribution in [0, 0.1) is 0 Å². The van der Waals surface area contributed by atoms with E-state index in [1.807, 2.05) is 42.5 Å². The summed E-state index contributed by atoms with van der Waals surface area (Å²) < 4.78 is 17.7. The zero-order chi connectivity index (χ0) is 21.1. The van der Waals surface area contributed by atoms with Crippen LogP contribution in [0.2, 0.25) is 5.02 Å². The Labute approximate surface area is 178 Å². The van der Waals surface area contributed by atoms with Crippen LogP contribution < -0.4 is 19.8 Å². The number of ether oxygens (including phenoxy) is 3. The number of methoxy groups -OCH3 is 2. The Kier molecular flexibility index (Phi) is 5.59. The Bertz CT molecular complexity index is 1240. The molecular weight excluding hydrogens is 404 g/mol. The van der Waals surface area contributed by atoms with Gasteiger partial charge >= 0.3 is 5.56 Å². The van der Waals surface area contributed by atoms with Crippen molar-refractivity contribution < 1.29 is 14.2 Å². The van der Waals surface area contributed by atoms with Gasteiger partial charge in [-0.3, -0.25) is 4.79 Å². The van der Waals surface area contributed by atoms with E-state index in [0.29, 0.717) is 17.2 Å². The van der Waals surface area contributed by atoms with Crippen LogP contribution in [0.5, 0.6) is 23.0 Å². The van der Waals surface area contributed by atoms with Gasteiger partial charge in [0.1, 0.15) is 22.3 Å². The van der Waals surface area contributed by atoms with Crippen molar-refractivity contribution in [2.24, 2.45) is 0 Å². The Morgan fingerprint density at radius 2 is 1.60 bits per heavy atom. The zero-order valence-corrected chi connectivity index (χ0v) is 17.2. The number of fused-ring (bicyclic) bond motifs is 1. The molecule has 1 aromatic heterocycles. The van der Waals surface area contributed by atoms with E-state index in [9.17, 15) is 4.79 Å². The summed E-state index contributed by atoms with van der Waals surface area (Å²) in [6, 6.07) is 19.0. The van der Waals surface area contributed by atoms with Crippen molar-refractivity contribution in [1.29, 1.82) is 0 Å². The Hall–Kier alpha value is -3.51. The number of aromatic nitrogens is 2. The second-order valence-corrected chi connectivity index (χ2v) is 6.98. The topological polar surface area (TPSA) is 62.6 Å². The third-order valence-electron chi connectivity index (χ3n) is 4.70. The third-order valence-corrected chi connectivity index (χ3v) is 4.97. The van der Waals surface area contributed by atoms with Gasteiger partial charge in [-0.15, -0.1) is 0 Å². The van der Waals surface area contributed by atoms with Crippen LogP contribution >= 0.6 is 11.6 Å². The molecule has 7 heteroatoms. The van der Waals surface area contributed by atoms with E-state index in [-0.39, 0.29) is 17.3 Å². The summed E-state index contributed by atoms with van der Waals surface area (Å²) in [6.45, 7) is 0.287. The van der Waals surface area contributed by atoms with Crippen LogP contribution in [0.3, 0.4) is 0 Å². The molecule has 0 fully saturated rings. The van der Waals surface area contributed by atoms with Crippen LogP contribution in [0.4, 0.5) is 0 Å². The van der Waals surface area contributed by atoms with Gasteiger partial charge in [0, 0.05) is 18.2 Å². The van der Waals surface area contributed by atoms with Crippen LogP contribution in [0.1, 0.15) is 5.56 Å². The number of nitrogens with zero attached hydrogens (tertiary/aromatic N) is 2. The van der Waals surface area contributed by atoms with E-state index < -0.39 is 5.56 Å². The zero-order valence-electron chi connectivity index (χ0n) is 16.5. The molecule has 30 heavy (non-hydrogen) atoms. The average Bonchev–Trinajstić information content (AvgIpc) is 2.78. The van der Waals surface area contributed by atoms with Gasteiger partial charge in [-0.25, -0.2) is 4.68 Å². The lowest BCUT2D eigenvalue weighted by atomic mass is 10.0. The first-order valence-electron chi connectivity index (χ1n) is 9.22. The molecule has 0 saturated carbocycles. The van der Waals surface area contributed by atoms with Crippen molar-refractivity contribution in [3.05, 3.63) is 87.8 Å². The molecule has 6 nitrogen and oxygen atoms in total. The fraction of sp³-hybridized carbons (Fsp3) is 0.130.